The first-order valence-corrected chi connectivity index (χ1v) is 8.13. The molecule has 0 aromatic carbocycles. The fourth-order valence-corrected chi connectivity index (χ4v) is 3.47. The second-order valence-corrected chi connectivity index (χ2v) is 6.44. The molecular formula is C17H20N6O. The Morgan fingerprint density at radius 2 is 2.12 bits per heavy atom. The maximum absolute atomic E-state index is 12.5. The van der Waals surface area contributed by atoms with Crippen LogP contribution in [0.2, 0.25) is 0 Å². The van der Waals surface area contributed by atoms with Crippen LogP contribution in [0.25, 0.3) is 11.0 Å². The van der Waals surface area contributed by atoms with Gasteiger partial charge in [0.25, 0.3) is 0 Å². The van der Waals surface area contributed by atoms with Crippen molar-refractivity contribution in [1.82, 2.24) is 25.1 Å². The molecule has 24 heavy (non-hydrogen) atoms. The topological polar surface area (TPSA) is 104 Å². The van der Waals surface area contributed by atoms with Gasteiger partial charge >= 0.3 is 0 Å². The van der Waals surface area contributed by atoms with E-state index in [1.165, 1.54) is 6.20 Å². The van der Waals surface area contributed by atoms with Crippen LogP contribution in [0, 0.1) is 0 Å². The molecule has 0 spiro atoms. The van der Waals surface area contributed by atoms with Gasteiger partial charge in [0.15, 0.2) is 0 Å². The van der Waals surface area contributed by atoms with Crippen LogP contribution < -0.4 is 5.73 Å². The van der Waals surface area contributed by atoms with Crippen LogP contribution in [-0.4, -0.2) is 51.0 Å². The molecule has 3 aromatic rings. The Balaban J connectivity index is 1.75. The van der Waals surface area contributed by atoms with Crippen molar-refractivity contribution in [3.8, 4) is 0 Å². The van der Waals surface area contributed by atoms with Gasteiger partial charge in [0.2, 0.25) is 5.78 Å². The van der Waals surface area contributed by atoms with Crippen LogP contribution in [0.1, 0.15) is 40.4 Å². The van der Waals surface area contributed by atoms with Gasteiger partial charge in [-0.25, -0.2) is 4.98 Å². The Morgan fingerprint density at radius 3 is 2.83 bits per heavy atom. The van der Waals surface area contributed by atoms with Gasteiger partial charge in [0.1, 0.15) is 11.5 Å². The summed E-state index contributed by atoms with van der Waals surface area (Å²) in [4.78, 5) is 22.7. The molecule has 0 atom stereocenters. The fraction of sp³-hybridized carbons (Fsp3) is 0.353. The SMILES string of the molecule is CN1CCC(c2c(N)[nH]c3ccc(C(=O)c4cn[nH]c4)nc23)CC1. The Kier molecular flexibility index (Phi) is 3.57. The summed E-state index contributed by atoms with van der Waals surface area (Å²) in [6.45, 7) is 2.09. The number of aromatic amines is 2. The summed E-state index contributed by atoms with van der Waals surface area (Å²) >= 11 is 0. The third kappa shape index (κ3) is 2.46. The number of anilines is 1. The molecule has 0 aliphatic carbocycles. The van der Waals surface area contributed by atoms with Crippen molar-refractivity contribution < 1.29 is 4.79 Å². The lowest BCUT2D eigenvalue weighted by atomic mass is 9.90. The number of ketones is 1. The Hall–Kier alpha value is -2.67. The Bertz CT molecular complexity index is 874. The first kappa shape index (κ1) is 14.9. The van der Waals surface area contributed by atoms with Gasteiger partial charge in [-0.05, 0) is 51.0 Å². The van der Waals surface area contributed by atoms with Crippen LogP contribution in [-0.2, 0) is 0 Å². The Labute approximate surface area is 139 Å². The maximum Gasteiger partial charge on any atom is 0.214 e. The molecule has 0 saturated carbocycles. The summed E-state index contributed by atoms with van der Waals surface area (Å²) in [5, 5.41) is 6.49. The number of aromatic nitrogens is 4. The fourth-order valence-electron chi connectivity index (χ4n) is 3.47. The molecule has 1 aliphatic rings. The average Bonchev–Trinajstić information content (AvgIpc) is 3.22. The highest BCUT2D eigenvalue weighted by Gasteiger charge is 2.25. The highest BCUT2D eigenvalue weighted by Crippen LogP contribution is 2.36. The highest BCUT2D eigenvalue weighted by molar-refractivity contribution is 6.08. The number of nitrogen functional groups attached to an aromatic ring is 1. The van der Waals surface area contributed by atoms with Crippen LogP contribution >= 0.6 is 0 Å². The molecule has 7 nitrogen and oxygen atoms in total. The molecular weight excluding hydrogens is 304 g/mol. The van der Waals surface area contributed by atoms with Crippen LogP contribution in [0.5, 0.6) is 0 Å². The lowest BCUT2D eigenvalue weighted by Gasteiger charge is -2.28. The molecule has 3 aromatic heterocycles. The van der Waals surface area contributed by atoms with Crippen molar-refractivity contribution in [2.45, 2.75) is 18.8 Å². The van der Waals surface area contributed by atoms with Crippen molar-refractivity contribution in [2.24, 2.45) is 0 Å². The van der Waals surface area contributed by atoms with Crippen molar-refractivity contribution in [2.75, 3.05) is 25.9 Å². The third-order valence-electron chi connectivity index (χ3n) is 4.83. The highest BCUT2D eigenvalue weighted by atomic mass is 16.1. The molecule has 1 fully saturated rings. The smallest absolute Gasteiger partial charge is 0.214 e. The van der Waals surface area contributed by atoms with E-state index in [9.17, 15) is 4.79 Å². The number of hydrogen-bond donors (Lipinski definition) is 3. The lowest BCUT2D eigenvalue weighted by molar-refractivity contribution is 0.103. The number of piperidine rings is 1. The number of nitrogens with two attached hydrogens (primary N) is 1. The summed E-state index contributed by atoms with van der Waals surface area (Å²) in [5.74, 6) is 0.904. The number of rotatable bonds is 3. The largest absolute Gasteiger partial charge is 0.385 e. The minimum Gasteiger partial charge on any atom is -0.385 e. The second-order valence-electron chi connectivity index (χ2n) is 6.44. The van der Waals surface area contributed by atoms with Crippen LogP contribution in [0.4, 0.5) is 5.82 Å². The number of carbonyl (C=O) groups excluding carboxylic acids is 1. The van der Waals surface area contributed by atoms with E-state index in [-0.39, 0.29) is 5.78 Å². The van der Waals surface area contributed by atoms with E-state index < -0.39 is 0 Å². The van der Waals surface area contributed by atoms with Gasteiger partial charge in [-0.1, -0.05) is 0 Å². The number of pyridine rings is 1. The minimum absolute atomic E-state index is 0.139. The van der Waals surface area contributed by atoms with Crippen molar-refractivity contribution in [3.05, 3.63) is 41.3 Å². The predicted molar refractivity (Wildman–Crippen MR) is 92.0 cm³/mol. The minimum atomic E-state index is -0.139. The van der Waals surface area contributed by atoms with Gasteiger partial charge < -0.3 is 15.6 Å². The number of fused-ring (bicyclic) bond motifs is 1. The maximum atomic E-state index is 12.5. The molecule has 0 unspecified atom stereocenters. The molecule has 0 bridgehead atoms. The zero-order chi connectivity index (χ0) is 16.7. The van der Waals surface area contributed by atoms with Crippen LogP contribution in [0.3, 0.4) is 0 Å². The van der Waals surface area contributed by atoms with E-state index in [1.54, 1.807) is 12.3 Å². The molecule has 1 saturated heterocycles. The van der Waals surface area contributed by atoms with E-state index in [0.717, 1.165) is 42.5 Å². The number of likely N-dealkylation sites (tertiary alicyclic amines) is 1. The molecule has 7 heteroatoms. The summed E-state index contributed by atoms with van der Waals surface area (Å²) in [6.07, 6.45) is 5.19. The molecule has 4 heterocycles. The van der Waals surface area contributed by atoms with E-state index >= 15 is 0 Å². The third-order valence-corrected chi connectivity index (χ3v) is 4.83. The number of H-pyrrole nitrogens is 2. The van der Waals surface area contributed by atoms with Crippen LogP contribution in [0.15, 0.2) is 24.5 Å². The van der Waals surface area contributed by atoms with E-state index in [0.29, 0.717) is 23.0 Å². The van der Waals surface area contributed by atoms with Gasteiger partial charge in [0.05, 0.1) is 22.8 Å². The molecule has 124 valence electrons. The van der Waals surface area contributed by atoms with Crippen molar-refractivity contribution in [3.63, 3.8) is 0 Å². The second kappa shape index (κ2) is 5.76. The number of nitrogens with zero attached hydrogens (tertiary/aromatic N) is 3. The number of nitrogens with one attached hydrogen (secondary N) is 2. The standard InChI is InChI=1S/C17H20N6O/c1-23-6-4-10(5-7-23)14-15-12(22-17(14)18)2-3-13(21-15)16(24)11-8-19-20-9-11/h2-3,8-10,22H,4-7,18H2,1H3,(H,19,20). The first-order chi connectivity index (χ1) is 11.6. The molecule has 4 rings (SSSR count). The summed E-state index contributed by atoms with van der Waals surface area (Å²) in [7, 11) is 2.13. The zero-order valence-corrected chi connectivity index (χ0v) is 13.5. The summed E-state index contributed by atoms with van der Waals surface area (Å²) < 4.78 is 0. The molecule has 0 amide bonds. The van der Waals surface area contributed by atoms with E-state index in [2.05, 4.69) is 32.1 Å². The normalized spacial score (nSPS) is 16.7. The zero-order valence-electron chi connectivity index (χ0n) is 13.5. The number of hydrogen-bond acceptors (Lipinski definition) is 5. The molecule has 1 aliphatic heterocycles. The van der Waals surface area contributed by atoms with Crippen molar-refractivity contribution in [1.29, 1.82) is 0 Å². The van der Waals surface area contributed by atoms with E-state index in [4.69, 9.17) is 5.73 Å². The summed E-state index contributed by atoms with van der Waals surface area (Å²) in [5.41, 5.74) is 9.90. The van der Waals surface area contributed by atoms with Gasteiger partial charge in [-0.15, -0.1) is 0 Å². The predicted octanol–water partition coefficient (Wildman–Crippen LogP) is 1.91. The number of carbonyl (C=O) groups is 1. The Morgan fingerprint density at radius 1 is 1.33 bits per heavy atom. The van der Waals surface area contributed by atoms with E-state index in [1.807, 2.05) is 6.07 Å². The monoisotopic (exact) mass is 324 g/mol. The first-order valence-electron chi connectivity index (χ1n) is 8.13. The molecule has 0 radical (unpaired) electrons. The van der Waals surface area contributed by atoms with Crippen molar-refractivity contribution >= 4 is 22.6 Å². The lowest BCUT2D eigenvalue weighted by Crippen LogP contribution is -2.29. The van der Waals surface area contributed by atoms with Gasteiger partial charge in [-0.2, -0.15) is 5.10 Å². The molecule has 4 N–H and O–H groups in total. The average molecular weight is 324 g/mol. The quantitative estimate of drug-likeness (QED) is 0.639. The van der Waals surface area contributed by atoms with Gasteiger partial charge in [0, 0.05) is 11.8 Å². The van der Waals surface area contributed by atoms with Gasteiger partial charge in [-0.3, -0.25) is 9.89 Å². The summed E-state index contributed by atoms with van der Waals surface area (Å²) in [6, 6.07) is 3.61.